The van der Waals surface area contributed by atoms with E-state index in [0.29, 0.717) is 30.7 Å². The van der Waals surface area contributed by atoms with Crippen molar-refractivity contribution >= 4 is 17.8 Å². The maximum atomic E-state index is 13.5. The molecule has 4 saturated carbocycles. The first-order chi connectivity index (χ1) is 11.9. The molecule has 5 fully saturated rings. The van der Waals surface area contributed by atoms with Crippen molar-refractivity contribution in [3.8, 4) is 0 Å². The van der Waals surface area contributed by atoms with Crippen LogP contribution in [0.4, 0.5) is 0 Å². The van der Waals surface area contributed by atoms with Crippen molar-refractivity contribution in [1.29, 1.82) is 0 Å². The quantitative estimate of drug-likeness (QED) is 0.811. The molecule has 2 amide bonds. The van der Waals surface area contributed by atoms with Gasteiger partial charge in [0.2, 0.25) is 11.8 Å². The second-order valence-electron chi connectivity index (χ2n) is 8.92. The molecule has 1 saturated heterocycles. The highest BCUT2D eigenvalue weighted by Gasteiger charge is 2.56. The fraction of sp³-hybridized carbons (Fsp3) is 0.842. The van der Waals surface area contributed by atoms with Crippen molar-refractivity contribution in [2.45, 2.75) is 70.4 Å². The predicted molar refractivity (Wildman–Crippen MR) is 90.6 cm³/mol. The van der Waals surface area contributed by atoms with Crippen LogP contribution in [0, 0.1) is 23.2 Å². The zero-order valence-corrected chi connectivity index (χ0v) is 14.9. The Bertz CT molecular complexity index is 567. The van der Waals surface area contributed by atoms with Crippen LogP contribution >= 0.6 is 0 Å². The minimum absolute atomic E-state index is 0.173. The Morgan fingerprint density at radius 3 is 2.16 bits per heavy atom. The minimum atomic E-state index is -1.05. The molecule has 0 radical (unpaired) electrons. The highest BCUT2D eigenvalue weighted by Crippen LogP contribution is 2.60. The number of aliphatic carboxylic acids is 1. The molecule has 4 aliphatic carbocycles. The highest BCUT2D eigenvalue weighted by molar-refractivity contribution is 5.92. The van der Waals surface area contributed by atoms with Crippen molar-refractivity contribution in [2.24, 2.45) is 23.2 Å². The lowest BCUT2D eigenvalue weighted by Gasteiger charge is -2.56. The number of carboxylic acids is 1. The third kappa shape index (κ3) is 2.83. The molecule has 2 unspecified atom stereocenters. The lowest BCUT2D eigenvalue weighted by atomic mass is 9.49. The molecule has 0 spiro atoms. The number of carboxylic acid groups (broad SMARTS) is 1. The van der Waals surface area contributed by atoms with Crippen LogP contribution in [0.1, 0.15) is 58.3 Å². The molecule has 6 heteroatoms. The van der Waals surface area contributed by atoms with Crippen molar-refractivity contribution in [1.82, 2.24) is 10.2 Å². The molecule has 0 aromatic rings. The Morgan fingerprint density at radius 1 is 1.08 bits per heavy atom. The Morgan fingerprint density at radius 2 is 1.64 bits per heavy atom. The highest BCUT2D eigenvalue weighted by atomic mass is 16.4. The van der Waals surface area contributed by atoms with Crippen molar-refractivity contribution in [3.05, 3.63) is 0 Å². The molecule has 4 bridgehead atoms. The maximum absolute atomic E-state index is 13.5. The number of nitrogens with zero attached hydrogens (tertiary/aromatic N) is 1. The summed E-state index contributed by atoms with van der Waals surface area (Å²) in [6, 6.07) is -1.42. The van der Waals surface area contributed by atoms with Gasteiger partial charge in [0, 0.05) is 6.54 Å². The van der Waals surface area contributed by atoms with E-state index in [-0.39, 0.29) is 17.2 Å². The first-order valence-corrected chi connectivity index (χ1v) is 9.72. The van der Waals surface area contributed by atoms with E-state index in [1.54, 1.807) is 4.90 Å². The summed E-state index contributed by atoms with van der Waals surface area (Å²) in [7, 11) is 0. The van der Waals surface area contributed by atoms with Gasteiger partial charge in [0.25, 0.3) is 0 Å². The summed E-state index contributed by atoms with van der Waals surface area (Å²) in [6.07, 6.45) is 8.29. The van der Waals surface area contributed by atoms with Crippen LogP contribution in [-0.4, -0.2) is 46.4 Å². The monoisotopic (exact) mass is 348 g/mol. The van der Waals surface area contributed by atoms with Crippen molar-refractivity contribution < 1.29 is 19.5 Å². The zero-order valence-electron chi connectivity index (χ0n) is 14.9. The molecule has 0 aromatic heterocycles. The fourth-order valence-electron chi connectivity index (χ4n) is 6.33. The summed E-state index contributed by atoms with van der Waals surface area (Å²) in [6.45, 7) is 2.08. The first-order valence-electron chi connectivity index (χ1n) is 9.72. The van der Waals surface area contributed by atoms with Crippen molar-refractivity contribution in [3.63, 3.8) is 0 Å². The first kappa shape index (κ1) is 16.9. The van der Waals surface area contributed by atoms with Gasteiger partial charge in [0.1, 0.15) is 12.1 Å². The average molecular weight is 348 g/mol. The standard InChI is InChI=1S/C19H28N2O4/c1-11(17(23)24)20-16(22)15-3-2-4-21(15)18(25)19-8-12-5-13(9-19)7-14(6-12)10-19/h11-15H,2-10H2,1H3,(H,20,22)(H,23,24). The summed E-state index contributed by atoms with van der Waals surface area (Å²) in [5, 5.41) is 11.6. The predicted octanol–water partition coefficient (Wildman–Crippen LogP) is 1.78. The molecule has 2 N–H and O–H groups in total. The number of carbonyl (C=O) groups excluding carboxylic acids is 2. The van der Waals surface area contributed by atoms with Gasteiger partial charge >= 0.3 is 5.97 Å². The fourth-order valence-corrected chi connectivity index (χ4v) is 6.33. The summed E-state index contributed by atoms with van der Waals surface area (Å²) >= 11 is 0. The average Bonchev–Trinajstić information content (AvgIpc) is 3.02. The van der Waals surface area contributed by atoms with Gasteiger partial charge in [-0.3, -0.25) is 14.4 Å². The third-order valence-corrected chi connectivity index (χ3v) is 7.04. The number of likely N-dealkylation sites (tertiary alicyclic amines) is 1. The second kappa shape index (κ2) is 5.99. The molecular weight excluding hydrogens is 320 g/mol. The van der Waals surface area contributed by atoms with E-state index in [1.165, 1.54) is 26.2 Å². The Balaban J connectivity index is 1.49. The molecule has 6 nitrogen and oxygen atoms in total. The normalized spacial score (nSPS) is 40.1. The molecule has 5 rings (SSSR count). The maximum Gasteiger partial charge on any atom is 0.325 e. The van der Waals surface area contributed by atoms with Crippen molar-refractivity contribution in [2.75, 3.05) is 6.54 Å². The number of amides is 2. The van der Waals surface area contributed by atoms with E-state index in [4.69, 9.17) is 5.11 Å². The van der Waals surface area contributed by atoms with Crippen LogP contribution in [0.15, 0.2) is 0 Å². The molecule has 2 atom stereocenters. The molecule has 5 aliphatic rings. The topological polar surface area (TPSA) is 86.7 Å². The molecule has 1 aliphatic heterocycles. The Labute approximate surface area is 148 Å². The van der Waals surface area contributed by atoms with Gasteiger partial charge in [-0.2, -0.15) is 0 Å². The van der Waals surface area contributed by atoms with Crippen LogP contribution in [0.3, 0.4) is 0 Å². The van der Waals surface area contributed by atoms with Crippen LogP contribution in [-0.2, 0) is 14.4 Å². The summed E-state index contributed by atoms with van der Waals surface area (Å²) in [4.78, 5) is 38.8. The van der Waals surface area contributed by atoms with Gasteiger partial charge in [-0.1, -0.05) is 0 Å². The zero-order chi connectivity index (χ0) is 17.8. The van der Waals surface area contributed by atoms with Crippen LogP contribution in [0.5, 0.6) is 0 Å². The number of nitrogens with one attached hydrogen (secondary N) is 1. The lowest BCUT2D eigenvalue weighted by Crippen LogP contribution is -2.58. The summed E-state index contributed by atoms with van der Waals surface area (Å²) < 4.78 is 0. The summed E-state index contributed by atoms with van der Waals surface area (Å²) in [5.74, 6) is 0.884. The third-order valence-electron chi connectivity index (χ3n) is 7.04. The molecular formula is C19H28N2O4. The van der Waals surface area contributed by atoms with Gasteiger partial charge in [0.05, 0.1) is 5.41 Å². The lowest BCUT2D eigenvalue weighted by molar-refractivity contribution is -0.160. The van der Waals surface area contributed by atoms with Crippen LogP contribution in [0.25, 0.3) is 0 Å². The van der Waals surface area contributed by atoms with Gasteiger partial charge in [-0.15, -0.1) is 0 Å². The second-order valence-corrected chi connectivity index (χ2v) is 8.92. The van der Waals surface area contributed by atoms with Crippen LogP contribution < -0.4 is 5.32 Å². The van der Waals surface area contributed by atoms with Crippen LogP contribution in [0.2, 0.25) is 0 Å². The van der Waals surface area contributed by atoms with E-state index >= 15 is 0 Å². The smallest absolute Gasteiger partial charge is 0.325 e. The van der Waals surface area contributed by atoms with Gasteiger partial charge in [-0.05, 0) is 76.0 Å². The molecule has 25 heavy (non-hydrogen) atoms. The van der Waals surface area contributed by atoms with E-state index in [0.717, 1.165) is 25.7 Å². The van der Waals surface area contributed by atoms with E-state index in [9.17, 15) is 14.4 Å². The van der Waals surface area contributed by atoms with Gasteiger partial charge < -0.3 is 15.3 Å². The van der Waals surface area contributed by atoms with E-state index in [2.05, 4.69) is 5.32 Å². The van der Waals surface area contributed by atoms with Gasteiger partial charge in [0.15, 0.2) is 0 Å². The number of hydrogen-bond acceptors (Lipinski definition) is 3. The largest absolute Gasteiger partial charge is 0.480 e. The molecule has 1 heterocycles. The SMILES string of the molecule is CC(NC(=O)C1CCCN1C(=O)C12CC3CC(CC(C3)C1)C2)C(=O)O. The molecule has 138 valence electrons. The Hall–Kier alpha value is -1.59. The minimum Gasteiger partial charge on any atom is -0.480 e. The van der Waals surface area contributed by atoms with Gasteiger partial charge in [-0.25, -0.2) is 0 Å². The molecule has 0 aromatic carbocycles. The Kier molecular flexibility index (Phi) is 4.04. The number of hydrogen-bond donors (Lipinski definition) is 2. The number of rotatable bonds is 4. The van der Waals surface area contributed by atoms with E-state index < -0.39 is 18.1 Å². The summed E-state index contributed by atoms with van der Waals surface area (Å²) in [5.41, 5.74) is -0.240. The van der Waals surface area contributed by atoms with E-state index in [1.807, 2.05) is 0 Å². The number of carbonyl (C=O) groups is 3.